The number of anilines is 1. The smallest absolute Gasteiger partial charge is 0.261 e. The Morgan fingerprint density at radius 1 is 1.00 bits per heavy atom. The van der Waals surface area contributed by atoms with Crippen molar-refractivity contribution in [1.82, 2.24) is 9.97 Å². The van der Waals surface area contributed by atoms with Crippen LogP contribution in [-0.2, 0) is 3.79 Å². The average molecular weight is 416 g/mol. The lowest BCUT2D eigenvalue weighted by Gasteiger charge is -2.12. The summed E-state index contributed by atoms with van der Waals surface area (Å²) in [6.45, 7) is 0. The van der Waals surface area contributed by atoms with Gasteiger partial charge < -0.3 is 0 Å². The van der Waals surface area contributed by atoms with Crippen LogP contribution < -0.4 is 5.43 Å². The predicted octanol–water partition coefficient (Wildman–Crippen LogP) is 5.84. The number of aromatic nitrogens is 2. The first kappa shape index (κ1) is 18.8. The van der Waals surface area contributed by atoms with Gasteiger partial charge in [-0.15, -0.1) is 0 Å². The van der Waals surface area contributed by atoms with Crippen LogP contribution in [0, 0.1) is 0 Å². The Hall–Kier alpha value is -2.02. The third-order valence-electron chi connectivity index (χ3n) is 3.46. The van der Waals surface area contributed by atoms with Crippen molar-refractivity contribution in [3.8, 4) is 0 Å². The number of para-hydroxylation sites is 1. The van der Waals surface area contributed by atoms with E-state index in [0.29, 0.717) is 16.7 Å². The summed E-state index contributed by atoms with van der Waals surface area (Å²) in [6.07, 6.45) is -1.32. The maximum atomic E-state index is 13.0. The predicted molar refractivity (Wildman–Crippen MR) is 101 cm³/mol. The topological polar surface area (TPSA) is 50.2 Å². The molecular formula is C17H11Cl3F2N4. The third-order valence-corrected chi connectivity index (χ3v) is 3.97. The van der Waals surface area contributed by atoms with E-state index in [1.165, 1.54) is 24.4 Å². The summed E-state index contributed by atoms with van der Waals surface area (Å²) in [6, 6.07) is 13.1. The molecule has 0 aliphatic carbocycles. The van der Waals surface area contributed by atoms with Gasteiger partial charge in [0.25, 0.3) is 6.43 Å². The molecule has 9 heteroatoms. The summed E-state index contributed by atoms with van der Waals surface area (Å²) in [5.41, 5.74) is 3.43. The van der Waals surface area contributed by atoms with Gasteiger partial charge in [0.15, 0.2) is 11.6 Å². The maximum Gasteiger partial charge on any atom is 0.264 e. The Labute approximate surface area is 162 Å². The zero-order valence-electron chi connectivity index (χ0n) is 13.0. The van der Waals surface area contributed by atoms with Crippen molar-refractivity contribution in [2.75, 3.05) is 5.43 Å². The zero-order chi connectivity index (χ0) is 18.7. The Morgan fingerprint density at radius 2 is 1.69 bits per heavy atom. The molecule has 3 aromatic rings. The van der Waals surface area contributed by atoms with Crippen LogP contribution in [0.25, 0.3) is 10.9 Å². The number of halogens is 5. The molecule has 0 spiro atoms. The molecule has 1 aromatic heterocycles. The SMILES string of the molecule is FC(F)c1ccccc1/C=N/Nc1nc(C(Cl)(Cl)Cl)nc2ccccc12. The monoisotopic (exact) mass is 414 g/mol. The van der Waals surface area contributed by atoms with Crippen LogP contribution in [0.1, 0.15) is 23.4 Å². The van der Waals surface area contributed by atoms with Crippen molar-refractivity contribution in [3.05, 3.63) is 65.5 Å². The molecule has 0 saturated heterocycles. The first-order valence-electron chi connectivity index (χ1n) is 7.36. The highest BCUT2D eigenvalue weighted by molar-refractivity contribution is 6.66. The van der Waals surface area contributed by atoms with E-state index in [9.17, 15) is 8.78 Å². The standard InChI is InChI=1S/C17H11Cl3F2N4/c18-17(19,20)16-24-13-8-4-3-7-12(13)15(25-16)26-23-9-10-5-1-2-6-11(10)14(21)22/h1-9,14H,(H,24,25,26)/b23-9+. The van der Waals surface area contributed by atoms with Crippen LogP contribution in [0.2, 0.25) is 0 Å². The second kappa shape index (κ2) is 7.70. The van der Waals surface area contributed by atoms with E-state index in [1.54, 1.807) is 30.3 Å². The van der Waals surface area contributed by atoms with Gasteiger partial charge in [-0.1, -0.05) is 71.2 Å². The van der Waals surface area contributed by atoms with Crippen LogP contribution >= 0.6 is 34.8 Å². The summed E-state index contributed by atoms with van der Waals surface area (Å²) >= 11 is 17.6. The molecule has 134 valence electrons. The first-order chi connectivity index (χ1) is 12.4. The lowest BCUT2D eigenvalue weighted by Crippen LogP contribution is -2.09. The van der Waals surface area contributed by atoms with E-state index < -0.39 is 10.2 Å². The number of nitrogens with zero attached hydrogens (tertiary/aromatic N) is 3. The van der Waals surface area contributed by atoms with Crippen LogP contribution in [-0.4, -0.2) is 16.2 Å². The van der Waals surface area contributed by atoms with Gasteiger partial charge in [0, 0.05) is 16.5 Å². The van der Waals surface area contributed by atoms with Crippen LogP contribution in [0.15, 0.2) is 53.6 Å². The van der Waals surface area contributed by atoms with Crippen LogP contribution in [0.4, 0.5) is 14.6 Å². The van der Waals surface area contributed by atoms with Crippen molar-refractivity contribution in [2.45, 2.75) is 10.2 Å². The minimum absolute atomic E-state index is 0.0214. The van der Waals surface area contributed by atoms with Crippen molar-refractivity contribution >= 4 is 57.7 Å². The normalized spacial score (nSPS) is 12.2. The molecule has 1 N–H and O–H groups in total. The highest BCUT2D eigenvalue weighted by Crippen LogP contribution is 2.37. The van der Waals surface area contributed by atoms with Gasteiger partial charge in [-0.2, -0.15) is 5.10 Å². The van der Waals surface area contributed by atoms with E-state index in [0.717, 1.165) is 0 Å². The molecule has 0 atom stereocenters. The Balaban J connectivity index is 1.96. The molecule has 2 aromatic carbocycles. The molecule has 0 aliphatic rings. The number of hydrogen-bond acceptors (Lipinski definition) is 4. The number of benzene rings is 2. The lowest BCUT2D eigenvalue weighted by molar-refractivity contribution is 0.151. The third kappa shape index (κ3) is 4.20. The largest absolute Gasteiger partial charge is 0.264 e. The minimum atomic E-state index is -2.60. The van der Waals surface area contributed by atoms with Crippen LogP contribution in [0.3, 0.4) is 0 Å². The molecule has 0 fully saturated rings. The molecule has 0 unspecified atom stereocenters. The number of nitrogens with one attached hydrogen (secondary N) is 1. The van der Waals surface area contributed by atoms with Gasteiger partial charge in [0.2, 0.25) is 3.79 Å². The van der Waals surface area contributed by atoms with Gasteiger partial charge in [-0.3, -0.25) is 5.43 Å². The fourth-order valence-corrected chi connectivity index (χ4v) is 2.53. The van der Waals surface area contributed by atoms with Crippen LogP contribution in [0.5, 0.6) is 0 Å². The summed E-state index contributed by atoms with van der Waals surface area (Å²) in [5.74, 6) is 0.273. The molecule has 0 amide bonds. The molecular weight excluding hydrogens is 405 g/mol. The Morgan fingerprint density at radius 3 is 2.42 bits per heavy atom. The van der Waals surface area contributed by atoms with Gasteiger partial charge >= 0.3 is 0 Å². The summed E-state index contributed by atoms with van der Waals surface area (Å²) in [4.78, 5) is 8.39. The molecule has 0 saturated carbocycles. The van der Waals surface area contributed by atoms with Crippen molar-refractivity contribution in [1.29, 1.82) is 0 Å². The highest BCUT2D eigenvalue weighted by atomic mass is 35.6. The fourth-order valence-electron chi connectivity index (χ4n) is 2.28. The van der Waals surface area contributed by atoms with E-state index in [1.807, 2.05) is 0 Å². The van der Waals surface area contributed by atoms with Crippen molar-refractivity contribution in [3.63, 3.8) is 0 Å². The fraction of sp³-hybridized carbons (Fsp3) is 0.118. The van der Waals surface area contributed by atoms with E-state index >= 15 is 0 Å². The Kier molecular flexibility index (Phi) is 5.55. The number of hydrogen-bond donors (Lipinski definition) is 1. The minimum Gasteiger partial charge on any atom is -0.261 e. The van der Waals surface area contributed by atoms with Gasteiger partial charge in [0.1, 0.15) is 0 Å². The van der Waals surface area contributed by atoms with Gasteiger partial charge in [0.05, 0.1) is 11.7 Å². The van der Waals surface area contributed by atoms with E-state index in [4.69, 9.17) is 34.8 Å². The lowest BCUT2D eigenvalue weighted by atomic mass is 10.1. The molecule has 0 bridgehead atoms. The second-order valence-corrected chi connectivity index (χ2v) is 7.49. The average Bonchev–Trinajstić information content (AvgIpc) is 2.61. The summed E-state index contributed by atoms with van der Waals surface area (Å²) < 4.78 is 24.2. The van der Waals surface area contributed by atoms with E-state index in [2.05, 4.69) is 20.5 Å². The summed E-state index contributed by atoms with van der Waals surface area (Å²) in [7, 11) is 0. The molecule has 1 heterocycles. The van der Waals surface area contributed by atoms with E-state index in [-0.39, 0.29) is 17.0 Å². The van der Waals surface area contributed by atoms with Crippen molar-refractivity contribution in [2.24, 2.45) is 5.10 Å². The van der Waals surface area contributed by atoms with Gasteiger partial charge in [-0.25, -0.2) is 18.7 Å². The Bertz CT molecular complexity index is 958. The van der Waals surface area contributed by atoms with Crippen molar-refractivity contribution < 1.29 is 8.78 Å². The number of rotatable bonds is 4. The first-order valence-corrected chi connectivity index (χ1v) is 8.50. The molecule has 0 radical (unpaired) electrons. The molecule has 26 heavy (non-hydrogen) atoms. The highest BCUT2D eigenvalue weighted by Gasteiger charge is 2.28. The molecule has 3 rings (SSSR count). The number of fused-ring (bicyclic) bond motifs is 1. The second-order valence-electron chi connectivity index (χ2n) is 5.21. The molecule has 4 nitrogen and oxygen atoms in total. The molecule has 0 aliphatic heterocycles. The zero-order valence-corrected chi connectivity index (χ0v) is 15.3. The van der Waals surface area contributed by atoms with Gasteiger partial charge in [-0.05, 0) is 12.1 Å². The maximum absolute atomic E-state index is 13.0. The number of hydrazone groups is 1. The summed E-state index contributed by atoms with van der Waals surface area (Å²) in [5, 5.41) is 4.64. The number of alkyl halides is 5. The quantitative estimate of drug-likeness (QED) is 0.331.